The highest BCUT2D eigenvalue weighted by Gasteiger charge is 2.20. The molecule has 1 fully saturated rings. The van der Waals surface area contributed by atoms with E-state index in [1.54, 1.807) is 0 Å². The van der Waals surface area contributed by atoms with Gasteiger partial charge in [-0.05, 0) is 52.6 Å². The van der Waals surface area contributed by atoms with Gasteiger partial charge >= 0.3 is 0 Å². The van der Waals surface area contributed by atoms with Crippen molar-refractivity contribution in [2.45, 2.75) is 71.0 Å². The van der Waals surface area contributed by atoms with Crippen LogP contribution in [0.1, 0.15) is 52.9 Å². The van der Waals surface area contributed by atoms with Crippen molar-refractivity contribution in [1.82, 2.24) is 10.2 Å². The van der Waals surface area contributed by atoms with Crippen LogP contribution in [0, 0.1) is 12.3 Å². The highest BCUT2D eigenvalue weighted by molar-refractivity contribution is 4.91. The van der Waals surface area contributed by atoms with Crippen LogP contribution in [0.3, 0.4) is 0 Å². The molecule has 2 atom stereocenters. The summed E-state index contributed by atoms with van der Waals surface area (Å²) >= 11 is 0. The van der Waals surface area contributed by atoms with Crippen molar-refractivity contribution in [3.8, 4) is 12.3 Å². The van der Waals surface area contributed by atoms with Gasteiger partial charge in [0.05, 0.1) is 0 Å². The average molecular weight is 236 g/mol. The number of nitrogens with one attached hydrogen (secondary N) is 1. The molecule has 0 spiro atoms. The lowest BCUT2D eigenvalue weighted by molar-refractivity contribution is 0.228. The number of likely N-dealkylation sites (tertiary alicyclic amines) is 1. The van der Waals surface area contributed by atoms with Crippen LogP contribution in [0.25, 0.3) is 0 Å². The monoisotopic (exact) mass is 236 g/mol. The van der Waals surface area contributed by atoms with Gasteiger partial charge in [0, 0.05) is 24.5 Å². The predicted octanol–water partition coefficient (Wildman–Crippen LogP) is 2.64. The minimum Gasteiger partial charge on any atom is -0.310 e. The molecule has 1 saturated heterocycles. The van der Waals surface area contributed by atoms with E-state index < -0.39 is 0 Å². The largest absolute Gasteiger partial charge is 0.310 e. The first-order chi connectivity index (χ1) is 8.17. The lowest BCUT2D eigenvalue weighted by atomic mass is 10.1. The third kappa shape index (κ3) is 5.10. The van der Waals surface area contributed by atoms with Gasteiger partial charge in [0.1, 0.15) is 0 Å². The molecule has 0 aromatic rings. The summed E-state index contributed by atoms with van der Waals surface area (Å²) in [6, 6.07) is 1.86. The topological polar surface area (TPSA) is 15.3 Å². The molecule has 2 unspecified atom stereocenters. The third-order valence-corrected chi connectivity index (χ3v) is 3.82. The quantitative estimate of drug-likeness (QED) is 0.738. The van der Waals surface area contributed by atoms with E-state index in [1.807, 2.05) is 0 Å². The second-order valence-electron chi connectivity index (χ2n) is 5.44. The number of terminal acetylenes is 1. The summed E-state index contributed by atoms with van der Waals surface area (Å²) in [6.45, 7) is 9.28. The van der Waals surface area contributed by atoms with Crippen molar-refractivity contribution >= 4 is 0 Å². The van der Waals surface area contributed by atoms with Gasteiger partial charge in [-0.25, -0.2) is 0 Å². The SMILES string of the molecule is C#CCC(CC)NC1CCCN(C(C)C)CC1. The zero-order valence-electron chi connectivity index (χ0n) is 11.7. The Morgan fingerprint density at radius 2 is 2.12 bits per heavy atom. The van der Waals surface area contributed by atoms with Crippen LogP contribution >= 0.6 is 0 Å². The molecule has 0 aromatic heterocycles. The number of hydrogen-bond acceptors (Lipinski definition) is 2. The Morgan fingerprint density at radius 3 is 2.71 bits per heavy atom. The predicted molar refractivity (Wildman–Crippen MR) is 75.0 cm³/mol. The molecule has 2 nitrogen and oxygen atoms in total. The Bertz CT molecular complexity index is 242. The minimum absolute atomic E-state index is 0.510. The van der Waals surface area contributed by atoms with Crippen molar-refractivity contribution in [1.29, 1.82) is 0 Å². The zero-order valence-corrected chi connectivity index (χ0v) is 11.7. The second-order valence-corrected chi connectivity index (χ2v) is 5.44. The fourth-order valence-corrected chi connectivity index (χ4v) is 2.60. The van der Waals surface area contributed by atoms with Crippen LogP contribution in [0.2, 0.25) is 0 Å². The van der Waals surface area contributed by atoms with E-state index in [2.05, 4.69) is 36.9 Å². The Kier molecular flexibility index (Phi) is 6.62. The summed E-state index contributed by atoms with van der Waals surface area (Å²) in [5.41, 5.74) is 0. The summed E-state index contributed by atoms with van der Waals surface area (Å²) in [5, 5.41) is 3.74. The van der Waals surface area contributed by atoms with Crippen molar-refractivity contribution in [3.05, 3.63) is 0 Å². The Balaban J connectivity index is 2.38. The first kappa shape index (κ1) is 14.5. The molecule has 1 heterocycles. The molecule has 0 amide bonds. The number of hydrogen-bond donors (Lipinski definition) is 1. The van der Waals surface area contributed by atoms with Crippen molar-refractivity contribution < 1.29 is 0 Å². The zero-order chi connectivity index (χ0) is 12.7. The summed E-state index contributed by atoms with van der Waals surface area (Å²) in [6.07, 6.45) is 11.3. The maximum absolute atomic E-state index is 5.40. The van der Waals surface area contributed by atoms with Gasteiger partial charge in [0.15, 0.2) is 0 Å². The summed E-state index contributed by atoms with van der Waals surface area (Å²) < 4.78 is 0. The maximum Gasteiger partial charge on any atom is 0.0240 e. The summed E-state index contributed by atoms with van der Waals surface area (Å²) in [5.74, 6) is 2.78. The molecule has 0 aliphatic carbocycles. The van der Waals surface area contributed by atoms with Crippen molar-refractivity contribution in [3.63, 3.8) is 0 Å². The first-order valence-corrected chi connectivity index (χ1v) is 7.11. The van der Waals surface area contributed by atoms with E-state index in [4.69, 9.17) is 6.42 Å². The molecule has 1 aliphatic rings. The highest BCUT2D eigenvalue weighted by atomic mass is 15.1. The van der Waals surface area contributed by atoms with Crippen LogP contribution in [0.4, 0.5) is 0 Å². The second kappa shape index (κ2) is 7.74. The molecule has 1 aliphatic heterocycles. The van der Waals surface area contributed by atoms with E-state index >= 15 is 0 Å². The fraction of sp³-hybridized carbons (Fsp3) is 0.867. The summed E-state index contributed by atoms with van der Waals surface area (Å²) in [4.78, 5) is 2.59. The van der Waals surface area contributed by atoms with Gasteiger partial charge in [0.2, 0.25) is 0 Å². The molecule has 2 heteroatoms. The van der Waals surface area contributed by atoms with Crippen LogP contribution in [0.5, 0.6) is 0 Å². The van der Waals surface area contributed by atoms with Crippen molar-refractivity contribution in [2.24, 2.45) is 0 Å². The molecule has 0 radical (unpaired) electrons. The molecule has 0 bridgehead atoms. The lowest BCUT2D eigenvalue weighted by Crippen LogP contribution is -2.39. The molecule has 98 valence electrons. The molecular formula is C15H28N2. The standard InChI is InChI=1S/C15H28N2/c1-5-8-14(6-2)16-15-9-7-11-17(12-10-15)13(3)4/h1,13-16H,6-12H2,2-4H3. The molecule has 1 rings (SSSR count). The van der Waals surface area contributed by atoms with Gasteiger partial charge in [-0.15, -0.1) is 12.3 Å². The van der Waals surface area contributed by atoms with Crippen LogP contribution in [-0.4, -0.2) is 36.1 Å². The normalized spacial score (nSPS) is 24.3. The van der Waals surface area contributed by atoms with Gasteiger partial charge in [-0.2, -0.15) is 0 Å². The van der Waals surface area contributed by atoms with Gasteiger partial charge in [-0.1, -0.05) is 6.92 Å². The summed E-state index contributed by atoms with van der Waals surface area (Å²) in [7, 11) is 0. The Labute approximate surface area is 107 Å². The molecule has 17 heavy (non-hydrogen) atoms. The Hall–Kier alpha value is -0.520. The maximum atomic E-state index is 5.40. The van der Waals surface area contributed by atoms with Crippen LogP contribution in [-0.2, 0) is 0 Å². The average Bonchev–Trinajstić information content (AvgIpc) is 2.54. The smallest absolute Gasteiger partial charge is 0.0240 e. The van der Waals surface area contributed by atoms with E-state index in [-0.39, 0.29) is 0 Å². The van der Waals surface area contributed by atoms with Crippen LogP contribution < -0.4 is 5.32 Å². The van der Waals surface area contributed by atoms with Crippen LogP contribution in [0.15, 0.2) is 0 Å². The first-order valence-electron chi connectivity index (χ1n) is 7.11. The van der Waals surface area contributed by atoms with Gasteiger partial charge < -0.3 is 10.2 Å². The van der Waals surface area contributed by atoms with E-state index in [1.165, 1.54) is 32.4 Å². The molecule has 1 N–H and O–H groups in total. The molecule has 0 saturated carbocycles. The number of nitrogens with zero attached hydrogens (tertiary/aromatic N) is 1. The van der Waals surface area contributed by atoms with Gasteiger partial charge in [-0.3, -0.25) is 0 Å². The number of rotatable bonds is 5. The van der Waals surface area contributed by atoms with E-state index in [0.717, 1.165) is 12.8 Å². The Morgan fingerprint density at radius 1 is 1.35 bits per heavy atom. The molecule has 0 aromatic carbocycles. The van der Waals surface area contributed by atoms with E-state index in [0.29, 0.717) is 18.1 Å². The minimum atomic E-state index is 0.510. The fourth-order valence-electron chi connectivity index (χ4n) is 2.60. The third-order valence-electron chi connectivity index (χ3n) is 3.82. The van der Waals surface area contributed by atoms with E-state index in [9.17, 15) is 0 Å². The lowest BCUT2D eigenvalue weighted by Gasteiger charge is -2.25. The van der Waals surface area contributed by atoms with Gasteiger partial charge in [0.25, 0.3) is 0 Å². The highest BCUT2D eigenvalue weighted by Crippen LogP contribution is 2.14. The van der Waals surface area contributed by atoms with Crippen molar-refractivity contribution in [2.75, 3.05) is 13.1 Å². The molecular weight excluding hydrogens is 208 g/mol.